The standard InChI is InChI=1S/C18H12ClN3O3S/c19-12-3-1-10(2-4-12)17-20-18(22-21-17)26-9-11-7-16(24)25-15-8-13(23)5-6-14(11)15/h1-8,23H,9H2,(H,20,21,22). The van der Waals surface area contributed by atoms with Crippen molar-refractivity contribution in [3.8, 4) is 17.1 Å². The molecule has 2 aromatic heterocycles. The summed E-state index contributed by atoms with van der Waals surface area (Å²) in [4.78, 5) is 16.2. The molecule has 0 amide bonds. The largest absolute Gasteiger partial charge is 0.508 e. The SMILES string of the molecule is O=c1cc(CSc2n[nH]c(-c3ccc(Cl)cc3)n2)c2ccc(O)cc2o1. The van der Waals surface area contributed by atoms with Crippen molar-refractivity contribution in [3.05, 3.63) is 69.5 Å². The molecule has 0 unspecified atom stereocenters. The second-order valence-corrected chi connectivity index (χ2v) is 6.91. The molecule has 6 nitrogen and oxygen atoms in total. The van der Waals surface area contributed by atoms with Gasteiger partial charge in [-0.05, 0) is 42.0 Å². The van der Waals surface area contributed by atoms with Crippen molar-refractivity contribution in [2.45, 2.75) is 10.9 Å². The summed E-state index contributed by atoms with van der Waals surface area (Å²) in [5.74, 6) is 1.18. The molecule has 2 aromatic carbocycles. The molecule has 0 radical (unpaired) electrons. The summed E-state index contributed by atoms with van der Waals surface area (Å²) in [5, 5.41) is 18.6. The average Bonchev–Trinajstić information content (AvgIpc) is 3.08. The smallest absolute Gasteiger partial charge is 0.336 e. The molecule has 0 atom stereocenters. The molecule has 130 valence electrons. The number of aromatic hydroxyl groups is 1. The van der Waals surface area contributed by atoms with Gasteiger partial charge in [-0.15, -0.1) is 5.10 Å². The van der Waals surface area contributed by atoms with Crippen LogP contribution in [0.3, 0.4) is 0 Å². The van der Waals surface area contributed by atoms with Gasteiger partial charge in [-0.25, -0.2) is 9.78 Å². The van der Waals surface area contributed by atoms with Crippen LogP contribution in [-0.4, -0.2) is 20.3 Å². The first-order chi connectivity index (χ1) is 12.6. The van der Waals surface area contributed by atoms with Crippen molar-refractivity contribution >= 4 is 34.3 Å². The van der Waals surface area contributed by atoms with Gasteiger partial charge in [0.1, 0.15) is 11.3 Å². The highest BCUT2D eigenvalue weighted by Gasteiger charge is 2.10. The summed E-state index contributed by atoms with van der Waals surface area (Å²) in [6.07, 6.45) is 0. The van der Waals surface area contributed by atoms with Crippen LogP contribution < -0.4 is 5.63 Å². The molecule has 4 aromatic rings. The fourth-order valence-electron chi connectivity index (χ4n) is 2.53. The molecule has 4 rings (SSSR count). The van der Waals surface area contributed by atoms with Gasteiger partial charge in [0.05, 0.1) is 0 Å². The Hall–Kier alpha value is -2.77. The van der Waals surface area contributed by atoms with Gasteiger partial charge in [0.25, 0.3) is 0 Å². The number of halogens is 1. The molecule has 0 fully saturated rings. The van der Waals surface area contributed by atoms with E-state index in [1.807, 2.05) is 12.1 Å². The summed E-state index contributed by atoms with van der Waals surface area (Å²) >= 11 is 7.29. The summed E-state index contributed by atoms with van der Waals surface area (Å²) in [6, 6.07) is 13.4. The lowest BCUT2D eigenvalue weighted by Crippen LogP contribution is -1.99. The third-order valence-electron chi connectivity index (χ3n) is 3.75. The van der Waals surface area contributed by atoms with E-state index >= 15 is 0 Å². The number of aromatic amines is 1. The third kappa shape index (κ3) is 3.44. The monoisotopic (exact) mass is 385 g/mol. The van der Waals surface area contributed by atoms with Gasteiger partial charge in [0, 0.05) is 33.9 Å². The minimum atomic E-state index is -0.462. The Bertz CT molecular complexity index is 1140. The molecule has 0 saturated heterocycles. The van der Waals surface area contributed by atoms with Gasteiger partial charge in [-0.1, -0.05) is 23.4 Å². The van der Waals surface area contributed by atoms with Crippen LogP contribution in [-0.2, 0) is 5.75 Å². The predicted octanol–water partition coefficient (Wildman–Crippen LogP) is 4.23. The van der Waals surface area contributed by atoms with E-state index in [9.17, 15) is 9.90 Å². The number of phenols is 1. The summed E-state index contributed by atoms with van der Waals surface area (Å²) in [6.45, 7) is 0. The molecule has 0 saturated carbocycles. The molecule has 0 bridgehead atoms. The van der Waals surface area contributed by atoms with E-state index in [1.54, 1.807) is 24.3 Å². The highest BCUT2D eigenvalue weighted by molar-refractivity contribution is 7.98. The van der Waals surface area contributed by atoms with E-state index in [-0.39, 0.29) is 5.75 Å². The van der Waals surface area contributed by atoms with Crippen LogP contribution in [0.2, 0.25) is 5.02 Å². The van der Waals surface area contributed by atoms with Gasteiger partial charge >= 0.3 is 5.63 Å². The van der Waals surface area contributed by atoms with Crippen molar-refractivity contribution in [1.29, 1.82) is 0 Å². The lowest BCUT2D eigenvalue weighted by molar-refractivity contribution is 0.473. The molecule has 0 aliphatic heterocycles. The number of nitrogens with zero attached hydrogens (tertiary/aromatic N) is 2. The van der Waals surface area contributed by atoms with Crippen LogP contribution >= 0.6 is 23.4 Å². The Kier molecular flexibility index (Phi) is 4.40. The molecule has 26 heavy (non-hydrogen) atoms. The molecule has 2 heterocycles. The predicted molar refractivity (Wildman–Crippen MR) is 101 cm³/mol. The van der Waals surface area contributed by atoms with Gasteiger partial charge in [0.15, 0.2) is 5.82 Å². The summed E-state index contributed by atoms with van der Waals surface area (Å²) in [5.41, 5.74) is 1.56. The van der Waals surface area contributed by atoms with Crippen molar-refractivity contribution < 1.29 is 9.52 Å². The van der Waals surface area contributed by atoms with Crippen LogP contribution in [0.15, 0.2) is 62.9 Å². The van der Waals surface area contributed by atoms with Crippen LogP contribution in [0.25, 0.3) is 22.4 Å². The number of rotatable bonds is 4. The van der Waals surface area contributed by atoms with E-state index in [0.29, 0.717) is 27.3 Å². The van der Waals surface area contributed by atoms with E-state index in [2.05, 4.69) is 15.2 Å². The maximum absolute atomic E-state index is 11.7. The first kappa shape index (κ1) is 16.7. The minimum Gasteiger partial charge on any atom is -0.508 e. The fourth-order valence-corrected chi connectivity index (χ4v) is 3.44. The lowest BCUT2D eigenvalue weighted by Gasteiger charge is -2.04. The maximum atomic E-state index is 11.7. The van der Waals surface area contributed by atoms with Crippen molar-refractivity contribution in [2.24, 2.45) is 0 Å². The number of benzene rings is 2. The highest BCUT2D eigenvalue weighted by atomic mass is 35.5. The topological polar surface area (TPSA) is 92.0 Å². The Labute approximate surface area is 156 Å². The second kappa shape index (κ2) is 6.86. The molecular formula is C18H12ClN3O3S. The Morgan fingerprint density at radius 2 is 1.96 bits per heavy atom. The number of aromatic nitrogens is 3. The quantitative estimate of drug-likeness (QED) is 0.403. The number of phenolic OH excluding ortho intramolecular Hbond substituents is 1. The normalized spacial score (nSPS) is 11.1. The van der Waals surface area contributed by atoms with E-state index in [0.717, 1.165) is 16.5 Å². The Morgan fingerprint density at radius 1 is 1.15 bits per heavy atom. The zero-order chi connectivity index (χ0) is 18.1. The number of hydrogen-bond donors (Lipinski definition) is 2. The van der Waals surface area contributed by atoms with E-state index in [4.69, 9.17) is 16.0 Å². The van der Waals surface area contributed by atoms with E-state index < -0.39 is 5.63 Å². The summed E-state index contributed by atoms with van der Waals surface area (Å²) < 4.78 is 5.13. The second-order valence-electron chi connectivity index (χ2n) is 5.53. The maximum Gasteiger partial charge on any atom is 0.336 e. The molecule has 8 heteroatoms. The average molecular weight is 386 g/mol. The molecule has 0 spiro atoms. The zero-order valence-corrected chi connectivity index (χ0v) is 14.8. The molecule has 0 aliphatic rings. The number of nitrogens with one attached hydrogen (secondary N) is 1. The number of thioether (sulfide) groups is 1. The van der Waals surface area contributed by atoms with Crippen molar-refractivity contribution in [3.63, 3.8) is 0 Å². The van der Waals surface area contributed by atoms with Crippen LogP contribution in [0.1, 0.15) is 5.56 Å². The van der Waals surface area contributed by atoms with Crippen LogP contribution in [0.5, 0.6) is 5.75 Å². The number of hydrogen-bond acceptors (Lipinski definition) is 6. The summed E-state index contributed by atoms with van der Waals surface area (Å²) in [7, 11) is 0. The molecule has 0 aliphatic carbocycles. The number of H-pyrrole nitrogens is 1. The van der Waals surface area contributed by atoms with Crippen LogP contribution in [0, 0.1) is 0 Å². The fraction of sp³-hybridized carbons (Fsp3) is 0.0556. The van der Waals surface area contributed by atoms with Gasteiger partial charge < -0.3 is 9.52 Å². The van der Waals surface area contributed by atoms with Gasteiger partial charge in [-0.2, -0.15) is 0 Å². The first-order valence-corrected chi connectivity index (χ1v) is 9.02. The highest BCUT2D eigenvalue weighted by Crippen LogP contribution is 2.27. The minimum absolute atomic E-state index is 0.0482. The Morgan fingerprint density at radius 3 is 2.77 bits per heavy atom. The van der Waals surface area contributed by atoms with Gasteiger partial charge in [0.2, 0.25) is 5.16 Å². The Balaban J connectivity index is 1.57. The van der Waals surface area contributed by atoms with Crippen LogP contribution in [0.4, 0.5) is 0 Å². The molecule has 2 N–H and O–H groups in total. The third-order valence-corrected chi connectivity index (χ3v) is 4.90. The molecular weight excluding hydrogens is 374 g/mol. The van der Waals surface area contributed by atoms with Crippen molar-refractivity contribution in [2.75, 3.05) is 0 Å². The van der Waals surface area contributed by atoms with Crippen molar-refractivity contribution in [1.82, 2.24) is 15.2 Å². The van der Waals surface area contributed by atoms with Gasteiger partial charge in [-0.3, -0.25) is 5.10 Å². The zero-order valence-electron chi connectivity index (χ0n) is 13.3. The lowest BCUT2D eigenvalue weighted by atomic mass is 10.1. The number of fused-ring (bicyclic) bond motifs is 1. The van der Waals surface area contributed by atoms with E-state index in [1.165, 1.54) is 23.9 Å². The first-order valence-electron chi connectivity index (χ1n) is 7.65.